The molecule has 28 heavy (non-hydrogen) atoms. The molecule has 3 heterocycles. The van der Waals surface area contributed by atoms with Gasteiger partial charge in [-0.1, -0.05) is 26.8 Å². The molecular formula is C20H32IN5S2. The summed E-state index contributed by atoms with van der Waals surface area (Å²) in [6.07, 6.45) is 0.943. The van der Waals surface area contributed by atoms with Crippen molar-refractivity contribution >= 4 is 52.6 Å². The van der Waals surface area contributed by atoms with E-state index in [1.807, 2.05) is 18.4 Å². The largest absolute Gasteiger partial charge is 0.356 e. The van der Waals surface area contributed by atoms with Crippen LogP contribution in [0, 0.1) is 0 Å². The molecule has 1 aliphatic heterocycles. The molecule has 1 N–H and O–H groups in total. The van der Waals surface area contributed by atoms with Gasteiger partial charge in [0.25, 0.3) is 0 Å². The lowest BCUT2D eigenvalue weighted by atomic mass is 9.93. The molecular weight excluding hydrogens is 501 g/mol. The number of guanidine groups is 1. The molecule has 0 amide bonds. The smallest absolute Gasteiger partial charge is 0.193 e. The molecule has 1 fully saturated rings. The second-order valence-corrected chi connectivity index (χ2v) is 9.92. The average molecular weight is 534 g/mol. The molecule has 0 saturated carbocycles. The van der Waals surface area contributed by atoms with E-state index in [1.165, 1.54) is 15.6 Å². The van der Waals surface area contributed by atoms with E-state index in [9.17, 15) is 0 Å². The first-order valence-corrected chi connectivity index (χ1v) is 11.4. The van der Waals surface area contributed by atoms with E-state index < -0.39 is 0 Å². The van der Waals surface area contributed by atoms with Crippen LogP contribution in [0.4, 0.5) is 0 Å². The Hall–Kier alpha value is -0.710. The molecule has 0 aliphatic carbocycles. The van der Waals surface area contributed by atoms with E-state index >= 15 is 0 Å². The maximum absolute atomic E-state index is 4.78. The number of aliphatic imine (C=N–C) groups is 1. The number of rotatable bonds is 5. The fraction of sp³-hybridized carbons (Fsp3) is 0.600. The molecule has 1 aliphatic rings. The quantitative estimate of drug-likeness (QED) is 0.358. The van der Waals surface area contributed by atoms with Gasteiger partial charge in [0.15, 0.2) is 5.96 Å². The van der Waals surface area contributed by atoms with Gasteiger partial charge in [0.1, 0.15) is 0 Å². The summed E-state index contributed by atoms with van der Waals surface area (Å²) in [6.45, 7) is 12.8. The molecule has 2 aromatic rings. The molecule has 3 rings (SSSR count). The number of thiophene rings is 1. The van der Waals surface area contributed by atoms with Crippen LogP contribution >= 0.6 is 46.7 Å². The van der Waals surface area contributed by atoms with Crippen LogP contribution in [0.1, 0.15) is 36.3 Å². The standard InChI is InChI=1S/C20H31N5S2.HI/c1-20(2,3)17-15-27-18(23-17)7-8-22-19(21-4)25-11-9-24(10-12-25)14-16-6-5-13-26-16;/h5-6,13,15H,7-12,14H2,1-4H3,(H,21,22);1H. The van der Waals surface area contributed by atoms with Crippen molar-refractivity contribution in [1.29, 1.82) is 0 Å². The van der Waals surface area contributed by atoms with E-state index in [0.717, 1.165) is 51.6 Å². The lowest BCUT2D eigenvalue weighted by molar-refractivity contribution is 0.174. The number of nitrogens with zero attached hydrogens (tertiary/aromatic N) is 4. The predicted octanol–water partition coefficient (Wildman–Crippen LogP) is 4.06. The minimum absolute atomic E-state index is 0. The maximum Gasteiger partial charge on any atom is 0.193 e. The highest BCUT2D eigenvalue weighted by molar-refractivity contribution is 14.0. The van der Waals surface area contributed by atoms with Crippen molar-refractivity contribution in [3.8, 4) is 0 Å². The summed E-state index contributed by atoms with van der Waals surface area (Å²) in [5.74, 6) is 1.01. The Kier molecular flexibility index (Phi) is 9.17. The van der Waals surface area contributed by atoms with Crippen molar-refractivity contribution in [3.63, 3.8) is 0 Å². The lowest BCUT2D eigenvalue weighted by Gasteiger charge is -2.36. The second kappa shape index (κ2) is 10.9. The predicted molar refractivity (Wildman–Crippen MR) is 132 cm³/mol. The van der Waals surface area contributed by atoms with Gasteiger partial charge >= 0.3 is 0 Å². The molecule has 0 atom stereocenters. The lowest BCUT2D eigenvalue weighted by Crippen LogP contribution is -2.52. The third-order valence-electron chi connectivity index (χ3n) is 4.79. The molecule has 156 valence electrons. The van der Waals surface area contributed by atoms with Gasteiger partial charge in [-0.05, 0) is 11.4 Å². The third-order valence-corrected chi connectivity index (χ3v) is 6.56. The molecule has 0 spiro atoms. The topological polar surface area (TPSA) is 43.8 Å². The van der Waals surface area contributed by atoms with Crippen LogP contribution in [0.2, 0.25) is 0 Å². The van der Waals surface area contributed by atoms with Crippen molar-refractivity contribution in [2.24, 2.45) is 4.99 Å². The summed E-state index contributed by atoms with van der Waals surface area (Å²) in [6, 6.07) is 4.36. The second-order valence-electron chi connectivity index (χ2n) is 7.94. The fourth-order valence-corrected chi connectivity index (χ4v) is 4.90. The highest BCUT2D eigenvalue weighted by Crippen LogP contribution is 2.23. The van der Waals surface area contributed by atoms with E-state index in [4.69, 9.17) is 4.98 Å². The number of hydrogen-bond donors (Lipinski definition) is 1. The van der Waals surface area contributed by atoms with Gasteiger partial charge in [0.2, 0.25) is 0 Å². The Bertz CT molecular complexity index is 728. The number of aromatic nitrogens is 1. The summed E-state index contributed by atoms with van der Waals surface area (Å²) in [4.78, 5) is 15.6. The molecule has 8 heteroatoms. The molecule has 0 radical (unpaired) electrons. The Morgan fingerprint density at radius 2 is 1.96 bits per heavy atom. The van der Waals surface area contributed by atoms with Gasteiger partial charge in [-0.25, -0.2) is 4.98 Å². The fourth-order valence-electron chi connectivity index (χ4n) is 3.12. The van der Waals surface area contributed by atoms with Gasteiger partial charge < -0.3 is 10.2 Å². The van der Waals surface area contributed by atoms with Crippen LogP contribution in [0.15, 0.2) is 27.9 Å². The number of nitrogens with one attached hydrogen (secondary N) is 1. The summed E-state index contributed by atoms with van der Waals surface area (Å²) >= 11 is 3.61. The minimum Gasteiger partial charge on any atom is -0.356 e. The first kappa shape index (κ1) is 23.6. The third kappa shape index (κ3) is 6.67. The SMILES string of the molecule is CN=C(NCCc1nc(C(C)(C)C)cs1)N1CCN(Cc2cccs2)CC1.I. The molecule has 0 unspecified atom stereocenters. The van der Waals surface area contributed by atoms with Gasteiger partial charge in [-0.2, -0.15) is 0 Å². The van der Waals surface area contributed by atoms with Crippen molar-refractivity contribution in [3.05, 3.63) is 38.5 Å². The monoisotopic (exact) mass is 533 g/mol. The van der Waals surface area contributed by atoms with E-state index in [-0.39, 0.29) is 29.4 Å². The van der Waals surface area contributed by atoms with Crippen LogP contribution in [-0.2, 0) is 18.4 Å². The van der Waals surface area contributed by atoms with Crippen LogP contribution in [0.25, 0.3) is 0 Å². The van der Waals surface area contributed by atoms with E-state index in [2.05, 4.69) is 63.8 Å². The molecule has 5 nitrogen and oxygen atoms in total. The number of hydrogen-bond acceptors (Lipinski definition) is 5. The zero-order chi connectivity index (χ0) is 19.3. The summed E-state index contributed by atoms with van der Waals surface area (Å²) in [5, 5.41) is 9.07. The highest BCUT2D eigenvalue weighted by Gasteiger charge is 2.20. The normalized spacial score (nSPS) is 16.1. The van der Waals surface area contributed by atoms with E-state index in [1.54, 1.807) is 11.3 Å². The summed E-state index contributed by atoms with van der Waals surface area (Å²) in [5.41, 5.74) is 1.31. The minimum atomic E-state index is 0. The van der Waals surface area contributed by atoms with Crippen molar-refractivity contribution in [2.45, 2.75) is 39.2 Å². The number of thiazole rings is 1. The Labute approximate surface area is 194 Å². The van der Waals surface area contributed by atoms with Crippen LogP contribution in [-0.4, -0.2) is 60.5 Å². The molecule has 0 bridgehead atoms. The Morgan fingerprint density at radius 3 is 2.54 bits per heavy atom. The first-order chi connectivity index (χ1) is 13.0. The summed E-state index contributed by atoms with van der Waals surface area (Å²) in [7, 11) is 1.88. The first-order valence-electron chi connectivity index (χ1n) is 9.61. The highest BCUT2D eigenvalue weighted by atomic mass is 127. The average Bonchev–Trinajstić information content (AvgIpc) is 3.31. The van der Waals surface area contributed by atoms with Gasteiger partial charge in [-0.3, -0.25) is 9.89 Å². The summed E-state index contributed by atoms with van der Waals surface area (Å²) < 4.78 is 0. The van der Waals surface area contributed by atoms with Gasteiger partial charge in [-0.15, -0.1) is 46.7 Å². The van der Waals surface area contributed by atoms with E-state index in [0.29, 0.717) is 0 Å². The Morgan fingerprint density at radius 1 is 1.21 bits per heavy atom. The van der Waals surface area contributed by atoms with Gasteiger partial charge in [0.05, 0.1) is 10.7 Å². The molecule has 1 saturated heterocycles. The molecule has 0 aromatic carbocycles. The van der Waals surface area contributed by atoms with Crippen molar-refractivity contribution < 1.29 is 0 Å². The van der Waals surface area contributed by atoms with Crippen molar-refractivity contribution in [1.82, 2.24) is 20.1 Å². The number of halogens is 1. The number of piperazine rings is 1. The zero-order valence-electron chi connectivity index (χ0n) is 17.3. The van der Waals surface area contributed by atoms with Crippen LogP contribution in [0.5, 0.6) is 0 Å². The Balaban J connectivity index is 0.00000280. The zero-order valence-corrected chi connectivity index (χ0v) is 21.2. The maximum atomic E-state index is 4.78. The van der Waals surface area contributed by atoms with Crippen LogP contribution in [0.3, 0.4) is 0 Å². The van der Waals surface area contributed by atoms with Crippen molar-refractivity contribution in [2.75, 3.05) is 39.8 Å². The van der Waals surface area contributed by atoms with Gasteiger partial charge in [0, 0.05) is 68.4 Å². The van der Waals surface area contributed by atoms with Crippen LogP contribution < -0.4 is 5.32 Å². The molecule has 2 aromatic heterocycles.